The molecule has 0 atom stereocenters. The average molecular weight is 445 g/mol. The minimum atomic E-state index is 0. The molecular weight excluding hydrogens is 433 g/mol. The van der Waals surface area contributed by atoms with Crippen LogP contribution in [0.15, 0.2) is 26.8 Å². The van der Waals surface area contributed by atoms with Crippen molar-refractivity contribution >= 4 is 39.1 Å². The molecule has 0 aliphatic carbocycles. The van der Waals surface area contributed by atoms with Gasteiger partial charge in [-0.05, 0) is 39.9 Å². The minimum absolute atomic E-state index is 0. The van der Waals surface area contributed by atoms with Gasteiger partial charge in [0.25, 0.3) is 0 Å². The molecule has 0 bridgehead atoms. The molecule has 1 rings (SSSR count). The average Bonchev–Trinajstić information content (AvgIpc) is 2.33. The van der Waals surface area contributed by atoms with Crippen molar-refractivity contribution < 1.29 is 33.8 Å². The van der Waals surface area contributed by atoms with E-state index in [0.29, 0.717) is 15.4 Å². The second-order valence-electron chi connectivity index (χ2n) is 2.94. The highest BCUT2D eigenvalue weighted by atomic mass is 127. The molecule has 0 aliphatic rings. The standard InChI is InChI=1S/C10H12BrN3O2S.HI/c1-16-8-4-6(3-7(11)9(8)15)5-13-14-10(12)17-2;/h3-5,15H,1-2H3,(H2,12,14);1H/p-1/b13-5+;. The van der Waals surface area contributed by atoms with E-state index in [4.69, 9.17) is 10.5 Å². The number of amidine groups is 1. The SMILES string of the molecule is COc1cc(/C=N/N=C(\N)SC)cc(Br)c1O.[I-]. The Bertz CT molecular complexity index is 469. The fraction of sp³-hybridized carbons (Fsp3) is 0.200. The number of methoxy groups -OCH3 is 1. The van der Waals surface area contributed by atoms with Gasteiger partial charge in [0.05, 0.1) is 17.8 Å². The number of nitrogens with zero attached hydrogens (tertiary/aromatic N) is 2. The number of halogens is 2. The zero-order chi connectivity index (χ0) is 12.8. The number of benzene rings is 1. The first kappa shape index (κ1) is 17.5. The van der Waals surface area contributed by atoms with Crippen LogP contribution in [-0.2, 0) is 0 Å². The Hall–Kier alpha value is -0.480. The first-order chi connectivity index (χ1) is 8.08. The number of thioether (sulfide) groups is 1. The maximum absolute atomic E-state index is 9.61. The highest BCUT2D eigenvalue weighted by molar-refractivity contribution is 9.10. The molecule has 1 aromatic rings. The van der Waals surface area contributed by atoms with Gasteiger partial charge in [-0.3, -0.25) is 0 Å². The Balaban J connectivity index is 0.00000289. The summed E-state index contributed by atoms with van der Waals surface area (Å²) in [5, 5.41) is 17.6. The molecule has 5 nitrogen and oxygen atoms in total. The molecule has 0 aliphatic heterocycles. The topological polar surface area (TPSA) is 80.2 Å². The molecule has 0 spiro atoms. The van der Waals surface area contributed by atoms with Crippen molar-refractivity contribution in [1.82, 2.24) is 0 Å². The fourth-order valence-electron chi connectivity index (χ4n) is 1.02. The summed E-state index contributed by atoms with van der Waals surface area (Å²) in [5.41, 5.74) is 6.21. The van der Waals surface area contributed by atoms with E-state index in [-0.39, 0.29) is 29.7 Å². The fourth-order valence-corrected chi connectivity index (χ4v) is 1.61. The first-order valence-electron chi connectivity index (χ1n) is 4.55. The van der Waals surface area contributed by atoms with Crippen LogP contribution in [0.5, 0.6) is 11.5 Å². The molecule has 0 unspecified atom stereocenters. The third-order valence-corrected chi connectivity index (χ3v) is 2.95. The maximum Gasteiger partial charge on any atom is 0.180 e. The van der Waals surface area contributed by atoms with Crippen LogP contribution in [0.25, 0.3) is 0 Å². The number of ether oxygens (including phenoxy) is 1. The lowest BCUT2D eigenvalue weighted by Gasteiger charge is -2.05. The quantitative estimate of drug-likeness (QED) is 0.276. The molecule has 0 radical (unpaired) electrons. The van der Waals surface area contributed by atoms with Gasteiger partial charge in [0, 0.05) is 0 Å². The predicted octanol–water partition coefficient (Wildman–Crippen LogP) is -0.821. The van der Waals surface area contributed by atoms with Crippen molar-refractivity contribution in [2.75, 3.05) is 13.4 Å². The van der Waals surface area contributed by atoms with E-state index in [9.17, 15) is 5.11 Å². The first-order valence-corrected chi connectivity index (χ1v) is 6.57. The van der Waals surface area contributed by atoms with Crippen molar-refractivity contribution in [3.8, 4) is 11.5 Å². The van der Waals surface area contributed by atoms with Crippen molar-refractivity contribution in [2.45, 2.75) is 0 Å². The minimum Gasteiger partial charge on any atom is -1.00 e. The lowest BCUT2D eigenvalue weighted by atomic mass is 10.2. The predicted molar refractivity (Wildman–Crippen MR) is 75.1 cm³/mol. The number of nitrogens with two attached hydrogens (primary N) is 1. The van der Waals surface area contributed by atoms with Gasteiger partial charge in [-0.1, -0.05) is 11.8 Å². The number of phenols is 1. The summed E-state index contributed by atoms with van der Waals surface area (Å²) in [4.78, 5) is 0. The van der Waals surface area contributed by atoms with Crippen molar-refractivity contribution in [3.63, 3.8) is 0 Å². The van der Waals surface area contributed by atoms with E-state index in [1.165, 1.54) is 25.1 Å². The normalized spacial score (nSPS) is 11.4. The van der Waals surface area contributed by atoms with Crippen LogP contribution in [0.2, 0.25) is 0 Å². The molecule has 0 fully saturated rings. The Labute approximate surface area is 135 Å². The van der Waals surface area contributed by atoms with E-state index in [1.807, 2.05) is 6.26 Å². The monoisotopic (exact) mass is 444 g/mol. The van der Waals surface area contributed by atoms with E-state index in [2.05, 4.69) is 26.1 Å². The Morgan fingerprint density at radius 2 is 2.22 bits per heavy atom. The summed E-state index contributed by atoms with van der Waals surface area (Å²) in [6.07, 6.45) is 3.34. The van der Waals surface area contributed by atoms with E-state index in [0.717, 1.165) is 5.56 Å². The van der Waals surface area contributed by atoms with Gasteiger partial charge in [-0.2, -0.15) is 5.10 Å². The van der Waals surface area contributed by atoms with Crippen molar-refractivity contribution in [1.29, 1.82) is 0 Å². The van der Waals surface area contributed by atoms with E-state index >= 15 is 0 Å². The van der Waals surface area contributed by atoms with Gasteiger partial charge in [0.2, 0.25) is 0 Å². The highest BCUT2D eigenvalue weighted by Gasteiger charge is 2.07. The molecule has 100 valence electrons. The van der Waals surface area contributed by atoms with Crippen LogP contribution in [0, 0.1) is 0 Å². The second kappa shape index (κ2) is 8.59. The highest BCUT2D eigenvalue weighted by Crippen LogP contribution is 2.34. The van der Waals surface area contributed by atoms with Crippen LogP contribution < -0.4 is 34.4 Å². The second-order valence-corrected chi connectivity index (χ2v) is 4.62. The molecule has 0 heterocycles. The number of aromatic hydroxyl groups is 1. The number of rotatable bonds is 3. The molecule has 0 amide bonds. The summed E-state index contributed by atoms with van der Waals surface area (Å²) in [5.74, 6) is 0.416. The lowest BCUT2D eigenvalue weighted by molar-refractivity contribution is -0.00000463. The summed E-state index contributed by atoms with van der Waals surface area (Å²) < 4.78 is 5.54. The van der Waals surface area contributed by atoms with E-state index in [1.54, 1.807) is 12.1 Å². The van der Waals surface area contributed by atoms with Crippen LogP contribution >= 0.6 is 27.7 Å². The summed E-state index contributed by atoms with van der Waals surface area (Å²) in [7, 11) is 1.48. The van der Waals surface area contributed by atoms with Crippen LogP contribution in [0.3, 0.4) is 0 Å². The van der Waals surface area contributed by atoms with Gasteiger partial charge < -0.3 is 39.6 Å². The summed E-state index contributed by atoms with van der Waals surface area (Å²) >= 11 is 4.53. The Morgan fingerprint density at radius 1 is 1.56 bits per heavy atom. The number of hydrogen-bond donors (Lipinski definition) is 2. The summed E-state index contributed by atoms with van der Waals surface area (Å²) in [6, 6.07) is 3.35. The lowest BCUT2D eigenvalue weighted by Crippen LogP contribution is -3.00. The molecule has 0 aromatic heterocycles. The van der Waals surface area contributed by atoms with Gasteiger partial charge in [0.15, 0.2) is 16.7 Å². The van der Waals surface area contributed by atoms with E-state index < -0.39 is 0 Å². The molecular formula is C10H12BrIN3O2S-. The van der Waals surface area contributed by atoms with Crippen LogP contribution in [0.1, 0.15) is 5.56 Å². The maximum atomic E-state index is 9.61. The number of hydrogen-bond acceptors (Lipinski definition) is 5. The van der Waals surface area contributed by atoms with Crippen LogP contribution in [0.4, 0.5) is 0 Å². The third kappa shape index (κ3) is 5.02. The molecule has 8 heteroatoms. The summed E-state index contributed by atoms with van der Waals surface area (Å²) in [6.45, 7) is 0. The van der Waals surface area contributed by atoms with Crippen LogP contribution in [-0.4, -0.2) is 29.9 Å². The molecule has 0 saturated carbocycles. The molecule has 18 heavy (non-hydrogen) atoms. The van der Waals surface area contributed by atoms with Gasteiger partial charge in [0.1, 0.15) is 0 Å². The Morgan fingerprint density at radius 3 is 2.78 bits per heavy atom. The zero-order valence-electron chi connectivity index (χ0n) is 9.72. The molecule has 3 N–H and O–H groups in total. The Kier molecular flexibility index (Phi) is 8.36. The van der Waals surface area contributed by atoms with Gasteiger partial charge >= 0.3 is 0 Å². The zero-order valence-corrected chi connectivity index (χ0v) is 14.3. The van der Waals surface area contributed by atoms with Crippen molar-refractivity contribution in [2.24, 2.45) is 15.9 Å². The third-order valence-electron chi connectivity index (χ3n) is 1.84. The molecule has 1 aromatic carbocycles. The largest absolute Gasteiger partial charge is 1.00 e. The number of phenolic OH excluding ortho intramolecular Hbond substituents is 1. The smallest absolute Gasteiger partial charge is 0.180 e. The van der Waals surface area contributed by atoms with Gasteiger partial charge in [-0.15, -0.1) is 5.10 Å². The van der Waals surface area contributed by atoms with Gasteiger partial charge in [-0.25, -0.2) is 0 Å². The molecule has 0 saturated heterocycles. The van der Waals surface area contributed by atoms with Crippen molar-refractivity contribution in [3.05, 3.63) is 22.2 Å².